The average molecular weight is 629 g/mol. The van der Waals surface area contributed by atoms with E-state index >= 15 is 0 Å². The quantitative estimate of drug-likeness (QED) is 0.190. The van der Waals surface area contributed by atoms with Gasteiger partial charge in [0.15, 0.2) is 6.10 Å². The van der Waals surface area contributed by atoms with E-state index in [-0.39, 0.29) is 23.5 Å². The second kappa shape index (κ2) is 13.3. The number of ether oxygens (including phenoxy) is 2. The number of carbonyl (C=O) groups excluding carboxylic acids is 1. The molecule has 1 aromatic heterocycles. The maximum Gasteiger partial charge on any atom is 0.244 e. The van der Waals surface area contributed by atoms with Gasteiger partial charge in [0, 0.05) is 22.1 Å². The van der Waals surface area contributed by atoms with Crippen molar-refractivity contribution in [3.8, 4) is 17.2 Å². The number of anilines is 1. The smallest absolute Gasteiger partial charge is 0.244 e. The zero-order valence-electron chi connectivity index (χ0n) is 22.7. The number of phenols is 1. The number of aromatic nitrogens is 2. The third-order valence-corrected chi connectivity index (χ3v) is 7.25. The van der Waals surface area contributed by atoms with Crippen molar-refractivity contribution in [2.45, 2.75) is 31.7 Å². The lowest BCUT2D eigenvalue weighted by Crippen LogP contribution is -2.36. The molecule has 42 heavy (non-hydrogen) atoms. The van der Waals surface area contributed by atoms with E-state index in [0.29, 0.717) is 6.54 Å². The fourth-order valence-corrected chi connectivity index (χ4v) is 5.12. The molecule has 9 heteroatoms. The second-order valence-corrected chi connectivity index (χ2v) is 10.8. The Morgan fingerprint density at radius 1 is 1.07 bits per heavy atom. The van der Waals surface area contributed by atoms with Crippen molar-refractivity contribution in [3.63, 3.8) is 0 Å². The number of para-hydroxylation sites is 1. The highest BCUT2D eigenvalue weighted by atomic mass is 79.9. The summed E-state index contributed by atoms with van der Waals surface area (Å²) in [4.78, 5) is 10.2. The third-order valence-electron chi connectivity index (χ3n) is 6.75. The van der Waals surface area contributed by atoms with Gasteiger partial charge in [-0.25, -0.2) is 9.13 Å². The Morgan fingerprint density at radius 2 is 1.81 bits per heavy atom. The van der Waals surface area contributed by atoms with Crippen LogP contribution in [0.4, 0.5) is 5.69 Å². The molecule has 0 bridgehead atoms. The molecule has 3 N–H and O–H groups in total. The van der Waals surface area contributed by atoms with Gasteiger partial charge >= 0.3 is 0 Å². The van der Waals surface area contributed by atoms with Gasteiger partial charge in [-0.2, -0.15) is 0 Å². The number of nitrogen functional groups attached to an aromatic ring is 1. The summed E-state index contributed by atoms with van der Waals surface area (Å²) in [5, 5.41) is 19.0. The Morgan fingerprint density at radius 3 is 2.52 bits per heavy atom. The van der Waals surface area contributed by atoms with Crippen molar-refractivity contribution < 1.29 is 29.0 Å². The molecule has 0 aliphatic carbocycles. The molecule has 1 aliphatic rings. The summed E-state index contributed by atoms with van der Waals surface area (Å²) in [6.45, 7) is 1.49. The van der Waals surface area contributed by atoms with Crippen LogP contribution in [0.2, 0.25) is 0 Å². The number of halogens is 1. The van der Waals surface area contributed by atoms with Crippen molar-refractivity contribution in [2.75, 3.05) is 5.73 Å². The summed E-state index contributed by atoms with van der Waals surface area (Å²) < 4.78 is 17.9. The number of carboxylic acid groups (broad SMARTS) is 1. The fraction of sp³-hybridized carbons (Fsp3) is 0.152. The summed E-state index contributed by atoms with van der Waals surface area (Å²) in [5.41, 5.74) is 8.75. The van der Waals surface area contributed by atoms with Gasteiger partial charge in [-0.15, -0.1) is 0 Å². The molecule has 214 valence electrons. The molecule has 2 unspecified atom stereocenters. The Kier molecular flexibility index (Phi) is 9.08. The van der Waals surface area contributed by atoms with Crippen molar-refractivity contribution in [1.29, 1.82) is 0 Å². The molecule has 0 fully saturated rings. The number of carboxylic acids is 1. The summed E-state index contributed by atoms with van der Waals surface area (Å²) in [5.74, 6) is 0.163. The van der Waals surface area contributed by atoms with Gasteiger partial charge in [0.05, 0.1) is 5.97 Å². The van der Waals surface area contributed by atoms with Crippen molar-refractivity contribution in [2.24, 2.45) is 0 Å². The van der Waals surface area contributed by atoms with Gasteiger partial charge in [0.25, 0.3) is 0 Å². The van der Waals surface area contributed by atoms with Crippen LogP contribution in [-0.4, -0.2) is 21.7 Å². The van der Waals surface area contributed by atoms with Crippen LogP contribution in [0.15, 0.2) is 120 Å². The molecule has 1 aliphatic heterocycles. The molecule has 0 saturated carbocycles. The molecule has 0 spiro atoms. The van der Waals surface area contributed by atoms with Crippen molar-refractivity contribution in [3.05, 3.63) is 137 Å². The summed E-state index contributed by atoms with van der Waals surface area (Å²) >= 11 is 3.54. The number of hydrogen-bond acceptors (Lipinski definition) is 6. The van der Waals surface area contributed by atoms with E-state index in [1.807, 2.05) is 54.6 Å². The number of rotatable bonds is 8. The molecule has 4 aromatic carbocycles. The maximum atomic E-state index is 10.2. The van der Waals surface area contributed by atoms with Crippen LogP contribution >= 0.6 is 15.9 Å². The van der Waals surface area contributed by atoms with Crippen molar-refractivity contribution in [1.82, 2.24) is 4.57 Å². The first-order valence-corrected chi connectivity index (χ1v) is 14.2. The lowest BCUT2D eigenvalue weighted by atomic mass is 10.1. The molecular formula is C33H30BrN3O5. The second-order valence-electron chi connectivity index (χ2n) is 9.89. The molecule has 2 atom stereocenters. The summed E-state index contributed by atoms with van der Waals surface area (Å²) in [6.07, 6.45) is 7.22. The van der Waals surface area contributed by atoms with E-state index in [1.165, 1.54) is 23.8 Å². The van der Waals surface area contributed by atoms with Crippen LogP contribution in [0.1, 0.15) is 27.6 Å². The SMILES string of the molecule is Nc1ccc(OC(C[n+]2ccn(CC3Cc4cc(Br)ccc4O3)c2)c2ccccc2)cc1.O=C([O-])c1ccccc1O. The average Bonchev–Trinajstić information content (AvgIpc) is 3.60. The first kappa shape index (κ1) is 28.8. The van der Waals surface area contributed by atoms with Crippen molar-refractivity contribution >= 4 is 27.6 Å². The molecular weight excluding hydrogens is 598 g/mol. The van der Waals surface area contributed by atoms with Gasteiger partial charge in [-0.1, -0.05) is 58.4 Å². The number of aromatic carboxylic acids is 1. The lowest BCUT2D eigenvalue weighted by Gasteiger charge is -2.18. The first-order valence-electron chi connectivity index (χ1n) is 13.4. The lowest BCUT2D eigenvalue weighted by molar-refractivity contribution is -0.703. The Hall–Kier alpha value is -4.76. The Bertz CT molecular complexity index is 1640. The highest BCUT2D eigenvalue weighted by molar-refractivity contribution is 9.10. The van der Waals surface area contributed by atoms with E-state index < -0.39 is 5.97 Å². The van der Waals surface area contributed by atoms with Crippen LogP contribution in [0.5, 0.6) is 17.2 Å². The minimum absolute atomic E-state index is 0.120. The molecule has 0 saturated heterocycles. The van der Waals surface area contributed by atoms with E-state index in [9.17, 15) is 9.90 Å². The number of nitrogens with zero attached hydrogens (tertiary/aromatic N) is 2. The number of benzene rings is 4. The van der Waals surface area contributed by atoms with Crippen LogP contribution in [0, 0.1) is 0 Å². The minimum atomic E-state index is -1.36. The van der Waals surface area contributed by atoms with E-state index in [0.717, 1.165) is 40.2 Å². The predicted molar refractivity (Wildman–Crippen MR) is 160 cm³/mol. The molecule has 0 amide bonds. The first-order chi connectivity index (χ1) is 20.3. The van der Waals surface area contributed by atoms with E-state index in [1.54, 1.807) is 6.07 Å². The van der Waals surface area contributed by atoms with Gasteiger partial charge in [-0.3, -0.25) is 0 Å². The minimum Gasteiger partial charge on any atom is -0.545 e. The van der Waals surface area contributed by atoms with Crippen LogP contribution in [0.25, 0.3) is 0 Å². The molecule has 2 heterocycles. The number of hydrogen-bond donors (Lipinski definition) is 2. The van der Waals surface area contributed by atoms with Crippen LogP contribution in [0.3, 0.4) is 0 Å². The monoisotopic (exact) mass is 627 g/mol. The predicted octanol–water partition coefficient (Wildman–Crippen LogP) is 4.70. The van der Waals surface area contributed by atoms with Gasteiger partial charge in [-0.05, 0) is 65.7 Å². The maximum absolute atomic E-state index is 10.2. The number of fused-ring (bicyclic) bond motifs is 1. The number of carbonyl (C=O) groups is 1. The Labute approximate surface area is 252 Å². The molecule has 6 rings (SSSR count). The standard InChI is InChI=1S/C26H25BrN3O2.C7H6O3/c27-21-6-11-25-20(14-21)15-24(32-25)16-29-12-13-30(18-29)17-26(19-4-2-1-3-5-19)31-23-9-7-22(28)8-10-23;8-6-4-2-1-3-5(6)7(9)10/h1-14,18,24,26H,15-17,28H2;1-4,8H,(H,9,10)/q+1;/p-1. The fourth-order valence-electron chi connectivity index (χ4n) is 4.71. The zero-order valence-corrected chi connectivity index (χ0v) is 24.3. The zero-order chi connectivity index (χ0) is 29.5. The van der Waals surface area contributed by atoms with Gasteiger partial charge in [0.2, 0.25) is 6.33 Å². The molecule has 5 aromatic rings. The largest absolute Gasteiger partial charge is 0.545 e. The highest BCUT2D eigenvalue weighted by Crippen LogP contribution is 2.31. The topological polar surface area (TPSA) is 114 Å². The summed E-state index contributed by atoms with van der Waals surface area (Å²) in [7, 11) is 0. The third kappa shape index (κ3) is 7.50. The number of aromatic hydroxyl groups is 1. The van der Waals surface area contributed by atoms with Gasteiger partial charge in [0.1, 0.15) is 48.8 Å². The van der Waals surface area contributed by atoms with E-state index in [2.05, 4.69) is 62.0 Å². The molecule has 0 radical (unpaired) electrons. The van der Waals surface area contributed by atoms with Crippen LogP contribution < -0.4 is 24.9 Å². The normalized spacial score (nSPS) is 14.2. The Balaban J connectivity index is 0.000000300. The number of imidazole rings is 1. The van der Waals surface area contributed by atoms with Gasteiger partial charge < -0.3 is 30.2 Å². The molecule has 8 nitrogen and oxygen atoms in total. The van der Waals surface area contributed by atoms with E-state index in [4.69, 9.17) is 20.3 Å². The summed E-state index contributed by atoms with van der Waals surface area (Å²) in [6, 6.07) is 29.7. The number of nitrogens with two attached hydrogens (primary N) is 1. The van der Waals surface area contributed by atoms with Crippen LogP contribution in [-0.2, 0) is 19.5 Å². The highest BCUT2D eigenvalue weighted by Gasteiger charge is 2.26.